The molecule has 0 radical (unpaired) electrons. The number of ether oxygens (including phenoxy) is 2. The first-order valence-corrected chi connectivity index (χ1v) is 3.16. The van der Waals surface area contributed by atoms with Gasteiger partial charge in [-0.3, -0.25) is 0 Å². The van der Waals surface area contributed by atoms with Crippen molar-refractivity contribution in [2.75, 3.05) is 6.79 Å². The number of hydrogen-bond donors (Lipinski definition) is 0. The fourth-order valence-electron chi connectivity index (χ4n) is 0.702. The summed E-state index contributed by atoms with van der Waals surface area (Å²) in [6.07, 6.45) is 3.64. The standard InChI is InChI=1S/C6H12O2/c1-2-3-4-6-7-5-8-6/h6H,2-5H2,1H3. The molecule has 0 N–H and O–H groups in total. The molecule has 0 saturated carbocycles. The highest BCUT2D eigenvalue weighted by molar-refractivity contribution is 4.48. The van der Waals surface area contributed by atoms with Gasteiger partial charge in [0.1, 0.15) is 0 Å². The zero-order valence-corrected chi connectivity index (χ0v) is 5.22. The molecule has 1 saturated heterocycles. The summed E-state index contributed by atoms with van der Waals surface area (Å²) < 4.78 is 10.0. The van der Waals surface area contributed by atoms with E-state index in [1.165, 1.54) is 12.8 Å². The van der Waals surface area contributed by atoms with Gasteiger partial charge < -0.3 is 9.47 Å². The molecule has 0 bridgehead atoms. The molecule has 8 heavy (non-hydrogen) atoms. The van der Waals surface area contributed by atoms with Crippen LogP contribution in [0.25, 0.3) is 0 Å². The summed E-state index contributed by atoms with van der Waals surface area (Å²) in [5.41, 5.74) is 0. The van der Waals surface area contributed by atoms with Gasteiger partial charge in [0, 0.05) is 0 Å². The van der Waals surface area contributed by atoms with Crippen LogP contribution in [0.3, 0.4) is 0 Å². The molecule has 0 atom stereocenters. The van der Waals surface area contributed by atoms with Gasteiger partial charge in [0.05, 0.1) is 0 Å². The van der Waals surface area contributed by atoms with Gasteiger partial charge in [-0.1, -0.05) is 13.3 Å². The molecular formula is C6H12O2. The van der Waals surface area contributed by atoms with E-state index in [1.54, 1.807) is 0 Å². The van der Waals surface area contributed by atoms with Crippen molar-refractivity contribution in [1.82, 2.24) is 0 Å². The highest BCUT2D eigenvalue weighted by Gasteiger charge is 2.16. The van der Waals surface area contributed by atoms with Crippen LogP contribution in [-0.4, -0.2) is 13.1 Å². The number of rotatable bonds is 3. The Morgan fingerprint density at radius 2 is 2.25 bits per heavy atom. The lowest BCUT2D eigenvalue weighted by molar-refractivity contribution is -0.322. The van der Waals surface area contributed by atoms with Gasteiger partial charge in [-0.15, -0.1) is 0 Å². The normalized spacial score (nSPS) is 20.6. The lowest BCUT2D eigenvalue weighted by Gasteiger charge is -2.26. The van der Waals surface area contributed by atoms with E-state index in [0.717, 1.165) is 6.42 Å². The van der Waals surface area contributed by atoms with Crippen molar-refractivity contribution in [2.45, 2.75) is 32.5 Å². The van der Waals surface area contributed by atoms with Gasteiger partial charge in [0.25, 0.3) is 0 Å². The third kappa shape index (κ3) is 1.46. The van der Waals surface area contributed by atoms with Crippen molar-refractivity contribution in [3.8, 4) is 0 Å². The fraction of sp³-hybridized carbons (Fsp3) is 1.00. The molecule has 0 unspecified atom stereocenters. The van der Waals surface area contributed by atoms with E-state index in [1.807, 2.05) is 0 Å². The monoisotopic (exact) mass is 116 g/mol. The molecule has 1 aliphatic heterocycles. The molecule has 2 heteroatoms. The molecule has 1 aliphatic rings. The quantitative estimate of drug-likeness (QED) is 0.556. The first kappa shape index (κ1) is 6.05. The predicted octanol–water partition coefficient (Wildman–Crippen LogP) is 1.51. The fourth-order valence-corrected chi connectivity index (χ4v) is 0.702. The minimum Gasteiger partial charge on any atom is -0.326 e. The van der Waals surface area contributed by atoms with E-state index >= 15 is 0 Å². The highest BCUT2D eigenvalue weighted by atomic mass is 16.8. The Balaban J connectivity index is 1.86. The van der Waals surface area contributed by atoms with Gasteiger partial charge in [0.15, 0.2) is 13.1 Å². The van der Waals surface area contributed by atoms with Crippen molar-refractivity contribution in [3.05, 3.63) is 0 Å². The number of hydrogen-bond acceptors (Lipinski definition) is 2. The average molecular weight is 116 g/mol. The van der Waals surface area contributed by atoms with Crippen molar-refractivity contribution < 1.29 is 9.47 Å². The van der Waals surface area contributed by atoms with Gasteiger partial charge in [-0.2, -0.15) is 0 Å². The highest BCUT2D eigenvalue weighted by Crippen LogP contribution is 2.13. The van der Waals surface area contributed by atoms with E-state index < -0.39 is 0 Å². The lowest BCUT2D eigenvalue weighted by atomic mass is 10.2. The minimum absolute atomic E-state index is 0.134. The molecule has 1 heterocycles. The van der Waals surface area contributed by atoms with Crippen LogP contribution in [0, 0.1) is 0 Å². The van der Waals surface area contributed by atoms with Crippen LogP contribution in [0.2, 0.25) is 0 Å². The predicted molar refractivity (Wildman–Crippen MR) is 30.3 cm³/mol. The van der Waals surface area contributed by atoms with Crippen LogP contribution in [0.15, 0.2) is 0 Å². The maximum Gasteiger partial charge on any atom is 0.163 e. The van der Waals surface area contributed by atoms with E-state index in [2.05, 4.69) is 6.92 Å². The Morgan fingerprint density at radius 3 is 2.62 bits per heavy atom. The minimum atomic E-state index is 0.134. The van der Waals surface area contributed by atoms with Crippen molar-refractivity contribution >= 4 is 0 Å². The summed E-state index contributed by atoms with van der Waals surface area (Å²) in [4.78, 5) is 0. The lowest BCUT2D eigenvalue weighted by Crippen LogP contribution is -2.30. The first-order chi connectivity index (χ1) is 3.93. The molecule has 48 valence electrons. The Morgan fingerprint density at radius 1 is 1.50 bits per heavy atom. The Kier molecular flexibility index (Phi) is 2.30. The van der Waals surface area contributed by atoms with E-state index in [-0.39, 0.29) is 6.29 Å². The van der Waals surface area contributed by atoms with Crippen molar-refractivity contribution in [1.29, 1.82) is 0 Å². The molecular weight excluding hydrogens is 104 g/mol. The molecule has 0 aromatic rings. The molecule has 0 aromatic carbocycles. The summed E-state index contributed by atoms with van der Waals surface area (Å²) in [5, 5.41) is 0. The second-order valence-corrected chi connectivity index (χ2v) is 2.02. The van der Waals surface area contributed by atoms with Crippen LogP contribution in [0.1, 0.15) is 26.2 Å². The number of unbranched alkanes of at least 4 members (excludes halogenated alkanes) is 1. The molecule has 0 aromatic heterocycles. The Bertz CT molecular complexity index is 59.5. The third-order valence-electron chi connectivity index (χ3n) is 1.30. The SMILES string of the molecule is CCCCC1OCO1. The van der Waals surface area contributed by atoms with Gasteiger partial charge >= 0.3 is 0 Å². The van der Waals surface area contributed by atoms with Gasteiger partial charge in [0.2, 0.25) is 0 Å². The molecule has 0 aliphatic carbocycles. The zero-order valence-electron chi connectivity index (χ0n) is 5.22. The summed E-state index contributed by atoms with van der Waals surface area (Å²) in [6, 6.07) is 0. The Hall–Kier alpha value is -0.0800. The van der Waals surface area contributed by atoms with Gasteiger partial charge in [-0.25, -0.2) is 0 Å². The van der Waals surface area contributed by atoms with Gasteiger partial charge in [-0.05, 0) is 12.8 Å². The van der Waals surface area contributed by atoms with Crippen LogP contribution in [0.5, 0.6) is 0 Å². The second-order valence-electron chi connectivity index (χ2n) is 2.02. The van der Waals surface area contributed by atoms with Crippen LogP contribution >= 0.6 is 0 Å². The van der Waals surface area contributed by atoms with Crippen LogP contribution in [0.4, 0.5) is 0 Å². The van der Waals surface area contributed by atoms with E-state index in [0.29, 0.717) is 6.79 Å². The van der Waals surface area contributed by atoms with Crippen LogP contribution in [-0.2, 0) is 9.47 Å². The summed E-state index contributed by atoms with van der Waals surface area (Å²) in [7, 11) is 0. The maximum atomic E-state index is 5.01. The first-order valence-electron chi connectivity index (χ1n) is 3.16. The molecule has 0 spiro atoms. The van der Waals surface area contributed by atoms with Crippen molar-refractivity contribution in [3.63, 3.8) is 0 Å². The molecule has 1 rings (SSSR count). The van der Waals surface area contributed by atoms with E-state index in [9.17, 15) is 0 Å². The average Bonchev–Trinajstić information content (AvgIpc) is 1.63. The third-order valence-corrected chi connectivity index (χ3v) is 1.30. The molecule has 0 amide bonds. The smallest absolute Gasteiger partial charge is 0.163 e. The topological polar surface area (TPSA) is 18.5 Å². The summed E-state index contributed by atoms with van der Waals surface area (Å²) >= 11 is 0. The maximum absolute atomic E-state index is 5.01. The largest absolute Gasteiger partial charge is 0.326 e. The van der Waals surface area contributed by atoms with Crippen LogP contribution < -0.4 is 0 Å². The van der Waals surface area contributed by atoms with Crippen molar-refractivity contribution in [2.24, 2.45) is 0 Å². The summed E-state index contributed by atoms with van der Waals surface area (Å²) in [6.45, 7) is 2.67. The molecule has 2 nitrogen and oxygen atoms in total. The second kappa shape index (κ2) is 3.05. The zero-order chi connectivity index (χ0) is 5.82. The Labute approximate surface area is 49.8 Å². The van der Waals surface area contributed by atoms with E-state index in [4.69, 9.17) is 9.47 Å². The summed E-state index contributed by atoms with van der Waals surface area (Å²) in [5.74, 6) is 0. The molecule has 1 fully saturated rings.